The lowest BCUT2D eigenvalue weighted by Gasteiger charge is -2.13. The van der Waals surface area contributed by atoms with Gasteiger partial charge in [0.05, 0.1) is 11.1 Å². The Morgan fingerprint density at radius 3 is 2.96 bits per heavy atom. The first kappa shape index (κ1) is 16.2. The zero-order valence-electron chi connectivity index (χ0n) is 13.4. The van der Waals surface area contributed by atoms with Crippen LogP contribution in [0.3, 0.4) is 0 Å². The van der Waals surface area contributed by atoms with Crippen molar-refractivity contribution < 1.29 is 9.13 Å². The number of halogens is 2. The predicted molar refractivity (Wildman–Crippen MR) is 95.2 cm³/mol. The second-order valence-corrected chi connectivity index (χ2v) is 6.37. The molecule has 3 heterocycles. The highest BCUT2D eigenvalue weighted by Gasteiger charge is 2.17. The van der Waals surface area contributed by atoms with Crippen LogP contribution in [0.25, 0.3) is 22.0 Å². The van der Waals surface area contributed by atoms with E-state index in [-0.39, 0.29) is 11.1 Å². The second-order valence-electron chi connectivity index (χ2n) is 5.96. The van der Waals surface area contributed by atoms with Gasteiger partial charge in [0.25, 0.3) is 0 Å². The van der Waals surface area contributed by atoms with E-state index in [2.05, 4.69) is 20.5 Å². The van der Waals surface area contributed by atoms with Crippen LogP contribution in [-0.4, -0.2) is 34.4 Å². The van der Waals surface area contributed by atoms with Crippen LogP contribution in [0.15, 0.2) is 36.7 Å². The van der Waals surface area contributed by atoms with Crippen LogP contribution < -0.4 is 5.32 Å². The van der Waals surface area contributed by atoms with Crippen molar-refractivity contribution in [2.45, 2.75) is 18.9 Å². The van der Waals surface area contributed by atoms with E-state index in [1.54, 1.807) is 18.5 Å². The van der Waals surface area contributed by atoms with Crippen LogP contribution in [0.2, 0.25) is 5.02 Å². The number of hydrogen-bond acceptors (Lipinski definition) is 5. The summed E-state index contributed by atoms with van der Waals surface area (Å²) in [7, 11) is 0. The van der Waals surface area contributed by atoms with Gasteiger partial charge in [0.2, 0.25) is 0 Å². The number of anilines is 1. The van der Waals surface area contributed by atoms with Crippen molar-refractivity contribution in [3.63, 3.8) is 0 Å². The van der Waals surface area contributed by atoms with Crippen LogP contribution in [0.1, 0.15) is 12.8 Å². The molecule has 1 atom stereocenters. The minimum atomic E-state index is -0.483. The quantitative estimate of drug-likeness (QED) is 0.761. The Balaban J connectivity index is 1.72. The van der Waals surface area contributed by atoms with E-state index in [1.807, 2.05) is 6.07 Å². The fraction of sp³-hybridized carbons (Fsp3) is 0.278. The second kappa shape index (κ2) is 6.90. The fourth-order valence-electron chi connectivity index (χ4n) is 3.00. The van der Waals surface area contributed by atoms with Gasteiger partial charge in [-0.3, -0.25) is 4.98 Å². The molecule has 5 nitrogen and oxygen atoms in total. The third kappa shape index (κ3) is 3.27. The molecular formula is C18H16ClFN4O. The Morgan fingerprint density at radius 1 is 1.24 bits per heavy atom. The number of nitrogens with one attached hydrogen (secondary N) is 1. The first-order valence-corrected chi connectivity index (χ1v) is 8.51. The minimum Gasteiger partial charge on any atom is -0.376 e. The molecule has 7 heteroatoms. The monoisotopic (exact) mass is 358 g/mol. The average molecular weight is 359 g/mol. The number of ether oxygens (including phenoxy) is 1. The highest BCUT2D eigenvalue weighted by atomic mass is 35.5. The van der Waals surface area contributed by atoms with Crippen molar-refractivity contribution in [1.29, 1.82) is 0 Å². The van der Waals surface area contributed by atoms with Gasteiger partial charge in [0.1, 0.15) is 11.5 Å². The van der Waals surface area contributed by atoms with Gasteiger partial charge >= 0.3 is 0 Å². The molecule has 1 aliphatic rings. The van der Waals surface area contributed by atoms with Crippen LogP contribution >= 0.6 is 11.6 Å². The Morgan fingerprint density at radius 2 is 2.16 bits per heavy atom. The van der Waals surface area contributed by atoms with Gasteiger partial charge in [-0.1, -0.05) is 17.7 Å². The van der Waals surface area contributed by atoms with Crippen molar-refractivity contribution in [2.24, 2.45) is 0 Å². The van der Waals surface area contributed by atoms with E-state index in [0.717, 1.165) is 30.2 Å². The number of benzene rings is 1. The molecule has 0 radical (unpaired) electrons. The molecule has 1 N–H and O–H groups in total. The summed E-state index contributed by atoms with van der Waals surface area (Å²) in [6.07, 6.45) is 5.74. The maximum atomic E-state index is 13.8. The van der Waals surface area contributed by atoms with E-state index in [9.17, 15) is 4.39 Å². The first-order chi connectivity index (χ1) is 12.2. The third-order valence-corrected chi connectivity index (χ3v) is 4.60. The van der Waals surface area contributed by atoms with Crippen molar-refractivity contribution in [3.05, 3.63) is 47.5 Å². The summed E-state index contributed by atoms with van der Waals surface area (Å²) in [5, 5.41) is 13.6. The van der Waals surface area contributed by atoms with E-state index >= 15 is 0 Å². The average Bonchev–Trinajstić information content (AvgIpc) is 3.15. The van der Waals surface area contributed by atoms with Gasteiger partial charge < -0.3 is 10.1 Å². The van der Waals surface area contributed by atoms with Crippen molar-refractivity contribution in [1.82, 2.24) is 15.2 Å². The Bertz CT molecular complexity index is 915. The number of aromatic nitrogens is 3. The molecule has 0 bridgehead atoms. The maximum absolute atomic E-state index is 13.8. The topological polar surface area (TPSA) is 59.9 Å². The molecule has 25 heavy (non-hydrogen) atoms. The Hall–Kier alpha value is -2.31. The first-order valence-electron chi connectivity index (χ1n) is 8.13. The van der Waals surface area contributed by atoms with Gasteiger partial charge in [-0.05, 0) is 31.0 Å². The highest BCUT2D eigenvalue weighted by molar-refractivity contribution is 6.30. The summed E-state index contributed by atoms with van der Waals surface area (Å²) in [5.74, 6) is 0.167. The lowest BCUT2D eigenvalue weighted by atomic mass is 10.1. The summed E-state index contributed by atoms with van der Waals surface area (Å²) in [4.78, 5) is 4.19. The standard InChI is InChI=1S/C18H16ClFN4O/c19-15-4-3-11(8-16(15)20)17-13-5-6-21-10-14(13)18(24-23-17)22-9-12-2-1-7-25-12/h3-6,8,10,12H,1-2,7,9H2,(H,22,24). The molecule has 128 valence electrons. The number of hydrogen-bond donors (Lipinski definition) is 1. The van der Waals surface area contributed by atoms with Gasteiger partial charge in [-0.2, -0.15) is 0 Å². The van der Waals surface area contributed by atoms with Gasteiger partial charge in [0.15, 0.2) is 5.82 Å². The fourth-order valence-corrected chi connectivity index (χ4v) is 3.12. The molecule has 4 rings (SSSR count). The summed E-state index contributed by atoms with van der Waals surface area (Å²) in [6, 6.07) is 6.47. The summed E-state index contributed by atoms with van der Waals surface area (Å²) in [6.45, 7) is 1.48. The van der Waals surface area contributed by atoms with Gasteiger partial charge in [-0.25, -0.2) is 4.39 Å². The maximum Gasteiger partial charge on any atom is 0.158 e. The molecule has 1 aromatic carbocycles. The highest BCUT2D eigenvalue weighted by Crippen LogP contribution is 2.31. The molecule has 0 saturated carbocycles. The Kier molecular flexibility index (Phi) is 4.46. The normalized spacial score (nSPS) is 17.1. The zero-order valence-corrected chi connectivity index (χ0v) is 14.1. The largest absolute Gasteiger partial charge is 0.376 e. The Labute approximate surface area is 149 Å². The van der Waals surface area contributed by atoms with Crippen LogP contribution in [-0.2, 0) is 4.74 Å². The number of fused-ring (bicyclic) bond motifs is 1. The lowest BCUT2D eigenvalue weighted by Crippen LogP contribution is -2.19. The smallest absolute Gasteiger partial charge is 0.158 e. The van der Waals surface area contributed by atoms with E-state index in [4.69, 9.17) is 16.3 Å². The molecule has 3 aromatic rings. The zero-order chi connectivity index (χ0) is 17.2. The molecular weight excluding hydrogens is 343 g/mol. The van der Waals surface area contributed by atoms with Crippen LogP contribution in [0, 0.1) is 5.82 Å². The number of pyridine rings is 1. The molecule has 0 amide bonds. The van der Waals surface area contributed by atoms with Crippen molar-refractivity contribution >= 4 is 28.2 Å². The number of nitrogens with zero attached hydrogens (tertiary/aromatic N) is 3. The van der Waals surface area contributed by atoms with E-state index in [0.29, 0.717) is 23.6 Å². The van der Waals surface area contributed by atoms with E-state index in [1.165, 1.54) is 12.1 Å². The SMILES string of the molecule is Fc1cc(-c2nnc(NCC3CCCO3)c3cnccc23)ccc1Cl. The minimum absolute atomic E-state index is 0.0810. The molecule has 0 aliphatic carbocycles. The molecule has 1 saturated heterocycles. The van der Waals surface area contributed by atoms with Gasteiger partial charge in [-0.15, -0.1) is 10.2 Å². The molecule has 0 spiro atoms. The van der Waals surface area contributed by atoms with Gasteiger partial charge in [0, 0.05) is 41.9 Å². The summed E-state index contributed by atoms with van der Waals surface area (Å²) >= 11 is 5.77. The van der Waals surface area contributed by atoms with Crippen molar-refractivity contribution in [2.75, 3.05) is 18.5 Å². The third-order valence-electron chi connectivity index (χ3n) is 4.30. The molecule has 1 aliphatic heterocycles. The predicted octanol–water partition coefficient (Wildman–Crippen LogP) is 4.08. The van der Waals surface area contributed by atoms with Crippen LogP contribution in [0.5, 0.6) is 0 Å². The lowest BCUT2D eigenvalue weighted by molar-refractivity contribution is 0.120. The number of rotatable bonds is 4. The van der Waals surface area contributed by atoms with Crippen molar-refractivity contribution in [3.8, 4) is 11.3 Å². The van der Waals surface area contributed by atoms with E-state index < -0.39 is 5.82 Å². The summed E-state index contributed by atoms with van der Waals surface area (Å²) in [5.41, 5.74) is 1.21. The molecule has 1 unspecified atom stereocenters. The molecule has 2 aromatic heterocycles. The molecule has 1 fully saturated rings. The summed E-state index contributed by atoms with van der Waals surface area (Å²) < 4.78 is 19.4. The van der Waals surface area contributed by atoms with Crippen LogP contribution in [0.4, 0.5) is 10.2 Å².